The normalized spacial score (nSPS) is 10.9. The Labute approximate surface area is 244 Å². The van der Waals surface area contributed by atoms with Crippen LogP contribution in [0, 0.1) is 14.9 Å². The lowest BCUT2D eigenvalue weighted by Gasteiger charge is -2.15. The van der Waals surface area contributed by atoms with Gasteiger partial charge in [0.1, 0.15) is 18.2 Å². The third-order valence-electron chi connectivity index (χ3n) is 5.03. The zero-order valence-electron chi connectivity index (χ0n) is 20.5. The van der Waals surface area contributed by atoms with Gasteiger partial charge in [-0.1, -0.05) is 29.3 Å². The molecule has 7 nitrogen and oxygen atoms in total. The molecule has 0 saturated heterocycles. The molecule has 1 amide bonds. The monoisotopic (exact) mass is 664 g/mol. The number of halogens is 3. The number of carbonyl (C=O) groups excluding carboxylic acids is 2. The van der Waals surface area contributed by atoms with Crippen LogP contribution in [-0.2, 0) is 16.1 Å². The average Bonchev–Trinajstić information content (AvgIpc) is 2.89. The Morgan fingerprint density at radius 2 is 1.74 bits per heavy atom. The van der Waals surface area contributed by atoms with Crippen molar-refractivity contribution < 1.29 is 23.8 Å². The Morgan fingerprint density at radius 1 is 1.00 bits per heavy atom. The second-order valence-electron chi connectivity index (χ2n) is 7.72. The van der Waals surface area contributed by atoms with Crippen LogP contribution in [0.25, 0.3) is 6.08 Å². The number of rotatable bonds is 10. The summed E-state index contributed by atoms with van der Waals surface area (Å²) in [6.45, 7) is 4.46. The molecule has 0 aromatic heterocycles. The van der Waals surface area contributed by atoms with E-state index in [4.69, 9.17) is 37.4 Å². The molecule has 0 spiro atoms. The van der Waals surface area contributed by atoms with Crippen molar-refractivity contribution in [3.05, 3.63) is 90.5 Å². The topological polar surface area (TPSA) is 97.7 Å². The molecular weight excluding hydrogens is 642 g/mol. The fourth-order valence-electron chi connectivity index (χ4n) is 3.28. The number of amides is 1. The second kappa shape index (κ2) is 14.0. The summed E-state index contributed by atoms with van der Waals surface area (Å²) in [4.78, 5) is 24.6. The molecule has 0 aliphatic rings. The fraction of sp³-hybridized carbons (Fsp3) is 0.179. The molecule has 10 heteroatoms. The maximum absolute atomic E-state index is 12.8. The van der Waals surface area contributed by atoms with Gasteiger partial charge in [0.2, 0.25) is 0 Å². The highest BCUT2D eigenvalue weighted by Gasteiger charge is 2.15. The molecule has 0 bridgehead atoms. The van der Waals surface area contributed by atoms with Crippen LogP contribution < -0.4 is 14.8 Å². The summed E-state index contributed by atoms with van der Waals surface area (Å²) in [5, 5.41) is 13.2. The van der Waals surface area contributed by atoms with Crippen LogP contribution in [0.3, 0.4) is 0 Å². The predicted molar refractivity (Wildman–Crippen MR) is 156 cm³/mol. The minimum absolute atomic E-state index is 0.109. The number of nitrogens with zero attached hydrogens (tertiary/aromatic N) is 1. The zero-order valence-corrected chi connectivity index (χ0v) is 24.2. The molecule has 0 fully saturated rings. The van der Waals surface area contributed by atoms with E-state index >= 15 is 0 Å². The highest BCUT2D eigenvalue weighted by molar-refractivity contribution is 14.1. The van der Waals surface area contributed by atoms with E-state index in [0.29, 0.717) is 45.0 Å². The van der Waals surface area contributed by atoms with E-state index in [-0.39, 0.29) is 18.8 Å². The number of ether oxygens (including phenoxy) is 3. The van der Waals surface area contributed by atoms with Gasteiger partial charge in [0.05, 0.1) is 32.4 Å². The summed E-state index contributed by atoms with van der Waals surface area (Å²) in [5.74, 6) is -0.0466. The van der Waals surface area contributed by atoms with Crippen molar-refractivity contribution in [2.75, 3.05) is 18.5 Å². The molecule has 3 aromatic rings. The lowest BCUT2D eigenvalue weighted by Crippen LogP contribution is -2.13. The first-order valence-corrected chi connectivity index (χ1v) is 13.3. The van der Waals surface area contributed by atoms with E-state index in [1.54, 1.807) is 43.3 Å². The van der Waals surface area contributed by atoms with Crippen LogP contribution in [0.1, 0.15) is 35.3 Å². The predicted octanol–water partition coefficient (Wildman–Crippen LogP) is 7.30. The van der Waals surface area contributed by atoms with Crippen LogP contribution in [-0.4, -0.2) is 25.1 Å². The molecule has 0 heterocycles. The van der Waals surface area contributed by atoms with Crippen LogP contribution in [0.5, 0.6) is 11.5 Å². The van der Waals surface area contributed by atoms with E-state index in [0.717, 1.165) is 9.13 Å². The maximum Gasteiger partial charge on any atom is 0.338 e. The molecule has 1 N–H and O–H groups in total. The van der Waals surface area contributed by atoms with Crippen molar-refractivity contribution in [1.29, 1.82) is 5.26 Å². The van der Waals surface area contributed by atoms with Gasteiger partial charge in [0.15, 0.2) is 11.5 Å². The van der Waals surface area contributed by atoms with Crippen molar-refractivity contribution in [2.45, 2.75) is 20.5 Å². The van der Waals surface area contributed by atoms with E-state index in [2.05, 4.69) is 27.9 Å². The standard InChI is InChI=1S/C28H23Cl2IN2O5/c1-3-36-25-14-18(13-24(31)26(25)38-16-17-5-10-22(29)23(30)12-17)11-20(15-32)27(34)33-21-8-6-19(7-9-21)28(35)37-4-2/h5-14H,3-4,16H2,1-2H3,(H,33,34)/b20-11+. The number of carbonyl (C=O) groups is 2. The van der Waals surface area contributed by atoms with Gasteiger partial charge < -0.3 is 19.5 Å². The lowest BCUT2D eigenvalue weighted by atomic mass is 10.1. The minimum atomic E-state index is -0.593. The molecule has 0 unspecified atom stereocenters. The smallest absolute Gasteiger partial charge is 0.338 e. The number of nitriles is 1. The Bertz CT molecular complexity index is 1400. The highest BCUT2D eigenvalue weighted by atomic mass is 127. The summed E-state index contributed by atoms with van der Waals surface area (Å²) in [6.07, 6.45) is 1.47. The van der Waals surface area contributed by atoms with Crippen molar-refractivity contribution in [3.8, 4) is 17.6 Å². The molecule has 0 aliphatic carbocycles. The van der Waals surface area contributed by atoms with Crippen molar-refractivity contribution in [1.82, 2.24) is 0 Å². The van der Waals surface area contributed by atoms with Crippen molar-refractivity contribution in [3.63, 3.8) is 0 Å². The SMILES string of the molecule is CCOC(=O)c1ccc(NC(=O)/C(C#N)=C/c2cc(I)c(OCc3ccc(Cl)c(Cl)c3)c(OCC)c2)cc1. The van der Waals surface area contributed by atoms with Crippen molar-refractivity contribution >= 4 is 69.4 Å². The van der Waals surface area contributed by atoms with Gasteiger partial charge >= 0.3 is 5.97 Å². The van der Waals surface area contributed by atoms with E-state index < -0.39 is 11.9 Å². The van der Waals surface area contributed by atoms with Crippen LogP contribution >= 0.6 is 45.8 Å². The molecular formula is C28H23Cl2IN2O5. The maximum atomic E-state index is 12.8. The van der Waals surface area contributed by atoms with Crippen LogP contribution in [0.15, 0.2) is 60.2 Å². The third-order valence-corrected chi connectivity index (χ3v) is 6.57. The van der Waals surface area contributed by atoms with Gasteiger partial charge in [0, 0.05) is 5.69 Å². The van der Waals surface area contributed by atoms with Gasteiger partial charge in [-0.05, 0) is 102 Å². The van der Waals surface area contributed by atoms with Gasteiger partial charge in [-0.15, -0.1) is 0 Å². The van der Waals surface area contributed by atoms with Crippen LogP contribution in [0.2, 0.25) is 10.0 Å². The summed E-state index contributed by atoms with van der Waals surface area (Å²) in [5.41, 5.74) is 2.10. The number of benzene rings is 3. The molecule has 3 rings (SSSR count). The first-order valence-electron chi connectivity index (χ1n) is 11.5. The fourth-order valence-corrected chi connectivity index (χ4v) is 4.38. The number of nitrogens with one attached hydrogen (secondary N) is 1. The molecule has 196 valence electrons. The van der Waals surface area contributed by atoms with E-state index in [1.165, 1.54) is 18.2 Å². The summed E-state index contributed by atoms with van der Waals surface area (Å²) in [7, 11) is 0. The molecule has 0 saturated carbocycles. The van der Waals surface area contributed by atoms with Gasteiger partial charge in [-0.2, -0.15) is 5.26 Å². The molecule has 0 atom stereocenters. The Morgan fingerprint density at radius 3 is 2.37 bits per heavy atom. The number of hydrogen-bond donors (Lipinski definition) is 1. The summed E-state index contributed by atoms with van der Waals surface area (Å²) in [6, 6.07) is 16.9. The Hall–Kier alpha value is -3.26. The third kappa shape index (κ3) is 7.87. The summed E-state index contributed by atoms with van der Waals surface area (Å²) < 4.78 is 17.5. The van der Waals surface area contributed by atoms with E-state index in [9.17, 15) is 14.9 Å². The average molecular weight is 665 g/mol. The minimum Gasteiger partial charge on any atom is -0.490 e. The zero-order chi connectivity index (χ0) is 27.7. The molecule has 3 aromatic carbocycles. The molecule has 0 aliphatic heterocycles. The number of hydrogen-bond acceptors (Lipinski definition) is 6. The van der Waals surface area contributed by atoms with Gasteiger partial charge in [-0.25, -0.2) is 4.79 Å². The highest BCUT2D eigenvalue weighted by Crippen LogP contribution is 2.36. The molecule has 38 heavy (non-hydrogen) atoms. The number of anilines is 1. The Kier molecular flexibility index (Phi) is 10.8. The summed E-state index contributed by atoms with van der Waals surface area (Å²) >= 11 is 14.2. The first kappa shape index (κ1) is 29.3. The Balaban J connectivity index is 1.79. The van der Waals surface area contributed by atoms with Crippen LogP contribution in [0.4, 0.5) is 5.69 Å². The lowest BCUT2D eigenvalue weighted by molar-refractivity contribution is -0.112. The quantitative estimate of drug-likeness (QED) is 0.106. The van der Waals surface area contributed by atoms with Gasteiger partial charge in [0.25, 0.3) is 5.91 Å². The number of esters is 1. The van der Waals surface area contributed by atoms with E-state index in [1.807, 2.05) is 19.1 Å². The largest absolute Gasteiger partial charge is 0.490 e. The first-order chi connectivity index (χ1) is 18.2. The second-order valence-corrected chi connectivity index (χ2v) is 9.70. The van der Waals surface area contributed by atoms with Gasteiger partial charge in [-0.3, -0.25) is 4.79 Å². The molecule has 0 radical (unpaired) electrons. The van der Waals surface area contributed by atoms with Crippen molar-refractivity contribution in [2.24, 2.45) is 0 Å².